The summed E-state index contributed by atoms with van der Waals surface area (Å²) in [5.41, 5.74) is 0.514. The number of nitrogens with zero attached hydrogens (tertiary/aromatic N) is 4. The van der Waals surface area contributed by atoms with Crippen LogP contribution in [0.5, 0.6) is 0 Å². The SMILES string of the molecule is O=C(c1ccc(F)cc1)N1CCC(n2ccnn2)C1. The zero-order chi connectivity index (χ0) is 13.2. The molecular weight excluding hydrogens is 247 g/mol. The van der Waals surface area contributed by atoms with Gasteiger partial charge in [0, 0.05) is 24.8 Å². The third kappa shape index (κ3) is 2.33. The molecule has 0 spiro atoms. The lowest BCUT2D eigenvalue weighted by Crippen LogP contribution is -2.29. The number of carbonyl (C=O) groups excluding carboxylic acids is 1. The fourth-order valence-corrected chi connectivity index (χ4v) is 2.33. The van der Waals surface area contributed by atoms with Crippen LogP contribution in [0.15, 0.2) is 36.7 Å². The van der Waals surface area contributed by atoms with Gasteiger partial charge in [0.2, 0.25) is 0 Å². The van der Waals surface area contributed by atoms with E-state index in [-0.39, 0.29) is 17.8 Å². The van der Waals surface area contributed by atoms with Crippen molar-refractivity contribution in [2.24, 2.45) is 0 Å². The van der Waals surface area contributed by atoms with Gasteiger partial charge in [-0.25, -0.2) is 9.07 Å². The highest BCUT2D eigenvalue weighted by atomic mass is 19.1. The summed E-state index contributed by atoms with van der Waals surface area (Å²) in [5.74, 6) is -0.402. The van der Waals surface area contributed by atoms with Crippen LogP contribution in [0.25, 0.3) is 0 Å². The van der Waals surface area contributed by atoms with Crippen molar-refractivity contribution in [2.45, 2.75) is 12.5 Å². The first-order chi connectivity index (χ1) is 9.24. The van der Waals surface area contributed by atoms with Gasteiger partial charge in [0.1, 0.15) is 5.82 Å². The lowest BCUT2D eigenvalue weighted by atomic mass is 10.2. The van der Waals surface area contributed by atoms with Gasteiger partial charge in [-0.05, 0) is 30.7 Å². The predicted octanol–water partition coefficient (Wildman–Crippen LogP) is 1.50. The molecule has 5 nitrogen and oxygen atoms in total. The van der Waals surface area contributed by atoms with Gasteiger partial charge < -0.3 is 4.90 Å². The Morgan fingerprint density at radius 3 is 2.79 bits per heavy atom. The summed E-state index contributed by atoms with van der Waals surface area (Å²) in [5, 5.41) is 7.73. The molecule has 19 heavy (non-hydrogen) atoms. The molecule has 6 heteroatoms. The van der Waals surface area contributed by atoms with Crippen LogP contribution in [0.3, 0.4) is 0 Å². The van der Waals surface area contributed by atoms with Crippen molar-refractivity contribution in [1.29, 1.82) is 0 Å². The van der Waals surface area contributed by atoms with Crippen molar-refractivity contribution in [1.82, 2.24) is 19.9 Å². The molecule has 1 aliphatic heterocycles. The fourth-order valence-electron chi connectivity index (χ4n) is 2.33. The van der Waals surface area contributed by atoms with Crippen molar-refractivity contribution in [2.75, 3.05) is 13.1 Å². The fraction of sp³-hybridized carbons (Fsp3) is 0.308. The summed E-state index contributed by atoms with van der Waals surface area (Å²) in [4.78, 5) is 14.0. The molecule has 1 aromatic heterocycles. The van der Waals surface area contributed by atoms with E-state index in [1.165, 1.54) is 24.3 Å². The number of rotatable bonds is 2. The zero-order valence-electron chi connectivity index (χ0n) is 10.2. The van der Waals surface area contributed by atoms with Gasteiger partial charge in [0.25, 0.3) is 5.91 Å². The normalized spacial score (nSPS) is 18.8. The number of benzene rings is 1. The van der Waals surface area contributed by atoms with E-state index in [1.54, 1.807) is 22.0 Å². The van der Waals surface area contributed by atoms with Crippen molar-refractivity contribution >= 4 is 5.91 Å². The van der Waals surface area contributed by atoms with Crippen LogP contribution in [-0.2, 0) is 0 Å². The largest absolute Gasteiger partial charge is 0.336 e. The second kappa shape index (κ2) is 4.79. The lowest BCUT2D eigenvalue weighted by molar-refractivity contribution is 0.0787. The lowest BCUT2D eigenvalue weighted by Gasteiger charge is -2.16. The summed E-state index contributed by atoms with van der Waals surface area (Å²) < 4.78 is 14.6. The van der Waals surface area contributed by atoms with Gasteiger partial charge in [0.05, 0.1) is 12.2 Å². The molecule has 0 saturated carbocycles. The summed E-state index contributed by atoms with van der Waals surface area (Å²) in [6, 6.07) is 5.81. The molecule has 1 aliphatic rings. The quantitative estimate of drug-likeness (QED) is 0.822. The number of carbonyl (C=O) groups is 1. The van der Waals surface area contributed by atoms with E-state index in [2.05, 4.69) is 10.3 Å². The van der Waals surface area contributed by atoms with Gasteiger partial charge >= 0.3 is 0 Å². The molecule has 1 unspecified atom stereocenters. The highest BCUT2D eigenvalue weighted by molar-refractivity contribution is 5.94. The van der Waals surface area contributed by atoms with Gasteiger partial charge in [0.15, 0.2) is 0 Å². The maximum atomic E-state index is 12.8. The van der Waals surface area contributed by atoms with E-state index >= 15 is 0 Å². The highest BCUT2D eigenvalue weighted by Gasteiger charge is 2.28. The highest BCUT2D eigenvalue weighted by Crippen LogP contribution is 2.22. The molecule has 0 aliphatic carbocycles. The first-order valence-electron chi connectivity index (χ1n) is 6.14. The van der Waals surface area contributed by atoms with Crippen molar-refractivity contribution in [3.63, 3.8) is 0 Å². The van der Waals surface area contributed by atoms with E-state index in [4.69, 9.17) is 0 Å². The molecule has 1 amide bonds. The van der Waals surface area contributed by atoms with Crippen molar-refractivity contribution in [3.8, 4) is 0 Å². The topological polar surface area (TPSA) is 51.0 Å². The standard InChI is InChI=1S/C13H13FN4O/c14-11-3-1-10(2-4-11)13(19)17-7-5-12(9-17)18-8-6-15-16-18/h1-4,6,8,12H,5,7,9H2. The molecule has 1 atom stereocenters. The molecule has 1 aromatic carbocycles. The van der Waals surface area contributed by atoms with E-state index < -0.39 is 0 Å². The molecule has 98 valence electrons. The summed E-state index contributed by atoms with van der Waals surface area (Å²) in [7, 11) is 0. The van der Waals surface area contributed by atoms with E-state index in [0.29, 0.717) is 18.7 Å². The molecule has 2 heterocycles. The molecule has 2 aromatic rings. The number of hydrogen-bond donors (Lipinski definition) is 0. The average molecular weight is 260 g/mol. The molecule has 3 rings (SSSR count). The Kier molecular flexibility index (Phi) is 2.98. The average Bonchev–Trinajstić information content (AvgIpc) is 3.10. The molecule has 1 saturated heterocycles. The van der Waals surface area contributed by atoms with Crippen LogP contribution >= 0.6 is 0 Å². The number of aromatic nitrogens is 3. The first kappa shape index (κ1) is 11.8. The maximum absolute atomic E-state index is 12.8. The van der Waals surface area contributed by atoms with Gasteiger partial charge in [-0.2, -0.15) is 0 Å². The number of hydrogen-bond acceptors (Lipinski definition) is 3. The van der Waals surface area contributed by atoms with E-state index in [1.807, 2.05) is 0 Å². The van der Waals surface area contributed by atoms with E-state index in [0.717, 1.165) is 6.42 Å². The molecule has 0 radical (unpaired) electrons. The Bertz CT molecular complexity index is 567. The van der Waals surface area contributed by atoms with Crippen LogP contribution in [0.2, 0.25) is 0 Å². The minimum absolute atomic E-state index is 0.0670. The Morgan fingerprint density at radius 1 is 1.32 bits per heavy atom. The molecule has 0 N–H and O–H groups in total. The predicted molar refractivity (Wildman–Crippen MR) is 66.0 cm³/mol. The summed E-state index contributed by atoms with van der Waals surface area (Å²) >= 11 is 0. The third-order valence-corrected chi connectivity index (χ3v) is 3.36. The monoisotopic (exact) mass is 260 g/mol. The zero-order valence-corrected chi connectivity index (χ0v) is 10.2. The second-order valence-electron chi connectivity index (χ2n) is 4.58. The van der Waals surface area contributed by atoms with Crippen LogP contribution in [0.1, 0.15) is 22.8 Å². The Balaban J connectivity index is 1.71. The van der Waals surface area contributed by atoms with Crippen molar-refractivity contribution < 1.29 is 9.18 Å². The summed E-state index contributed by atoms with van der Waals surface area (Å²) in [6.07, 6.45) is 4.29. The minimum atomic E-state index is -0.335. The first-order valence-corrected chi connectivity index (χ1v) is 6.14. The van der Waals surface area contributed by atoms with Crippen LogP contribution < -0.4 is 0 Å². The van der Waals surface area contributed by atoms with Crippen LogP contribution in [-0.4, -0.2) is 38.9 Å². The van der Waals surface area contributed by atoms with Crippen LogP contribution in [0, 0.1) is 5.82 Å². The van der Waals surface area contributed by atoms with Crippen LogP contribution in [0.4, 0.5) is 4.39 Å². The van der Waals surface area contributed by atoms with E-state index in [9.17, 15) is 9.18 Å². The minimum Gasteiger partial charge on any atom is -0.336 e. The number of likely N-dealkylation sites (tertiary alicyclic amines) is 1. The van der Waals surface area contributed by atoms with Gasteiger partial charge in [-0.3, -0.25) is 4.79 Å². The smallest absolute Gasteiger partial charge is 0.253 e. The van der Waals surface area contributed by atoms with Gasteiger partial charge in [-0.1, -0.05) is 5.21 Å². The maximum Gasteiger partial charge on any atom is 0.253 e. The number of halogens is 1. The molecule has 0 bridgehead atoms. The Labute approximate surface area is 109 Å². The Hall–Kier alpha value is -2.24. The molecular formula is C13H13FN4O. The number of amides is 1. The van der Waals surface area contributed by atoms with Crippen molar-refractivity contribution in [3.05, 3.63) is 48.0 Å². The second-order valence-corrected chi connectivity index (χ2v) is 4.58. The van der Waals surface area contributed by atoms with Gasteiger partial charge in [-0.15, -0.1) is 5.10 Å². The third-order valence-electron chi connectivity index (χ3n) is 3.36. The summed E-state index contributed by atoms with van der Waals surface area (Å²) in [6.45, 7) is 1.29. The Morgan fingerprint density at radius 2 is 2.11 bits per heavy atom. The molecule has 1 fully saturated rings.